The van der Waals surface area contributed by atoms with Gasteiger partial charge in [-0.1, -0.05) is 0 Å². The molecule has 0 aliphatic heterocycles. The number of hydrogen-bond donors (Lipinski definition) is 1. The van der Waals surface area contributed by atoms with Gasteiger partial charge >= 0.3 is 5.97 Å². The number of hydrogen-bond acceptors (Lipinski definition) is 5. The fraction of sp³-hybridized carbons (Fsp3) is 0.444. The fourth-order valence-corrected chi connectivity index (χ4v) is 1.30. The zero-order valence-corrected chi connectivity index (χ0v) is 9.90. The van der Waals surface area contributed by atoms with Crippen LogP contribution in [-0.4, -0.2) is 29.6 Å². The van der Waals surface area contributed by atoms with E-state index in [1.807, 2.05) is 0 Å². The molecule has 0 saturated carbocycles. The highest BCUT2D eigenvalue weighted by molar-refractivity contribution is 9.10. The molecule has 15 heavy (non-hydrogen) atoms. The third-order valence-electron chi connectivity index (χ3n) is 1.93. The Morgan fingerprint density at radius 1 is 1.60 bits per heavy atom. The van der Waals surface area contributed by atoms with Gasteiger partial charge in [0.2, 0.25) is 0 Å². The summed E-state index contributed by atoms with van der Waals surface area (Å²) in [7, 11) is 1.35. The molecule has 0 fully saturated rings. The van der Waals surface area contributed by atoms with Crippen LogP contribution >= 0.6 is 15.9 Å². The largest absolute Gasteiger partial charge is 0.469 e. The van der Waals surface area contributed by atoms with E-state index >= 15 is 0 Å². The van der Waals surface area contributed by atoms with Gasteiger partial charge in [-0.25, -0.2) is 9.97 Å². The molecule has 1 aromatic heterocycles. The van der Waals surface area contributed by atoms with E-state index in [4.69, 9.17) is 5.73 Å². The lowest BCUT2D eigenvalue weighted by molar-refractivity contribution is -0.141. The molecule has 1 aromatic rings. The SMILES string of the molecule is COC(=O)CC(CN)c1ncc(Br)cn1. The number of carbonyl (C=O) groups is 1. The molecule has 1 atom stereocenters. The van der Waals surface area contributed by atoms with Crippen molar-refractivity contribution in [3.63, 3.8) is 0 Å². The second-order valence-corrected chi connectivity index (χ2v) is 3.89. The minimum atomic E-state index is -0.308. The van der Waals surface area contributed by atoms with Crippen molar-refractivity contribution in [1.82, 2.24) is 9.97 Å². The Morgan fingerprint density at radius 2 is 2.20 bits per heavy atom. The Morgan fingerprint density at radius 3 is 2.67 bits per heavy atom. The van der Waals surface area contributed by atoms with E-state index in [-0.39, 0.29) is 18.3 Å². The maximum Gasteiger partial charge on any atom is 0.306 e. The topological polar surface area (TPSA) is 78.1 Å². The summed E-state index contributed by atoms with van der Waals surface area (Å²) in [5, 5.41) is 0. The number of methoxy groups -OCH3 is 1. The highest BCUT2D eigenvalue weighted by Gasteiger charge is 2.17. The average Bonchev–Trinajstić information content (AvgIpc) is 2.27. The van der Waals surface area contributed by atoms with E-state index in [0.29, 0.717) is 12.4 Å². The van der Waals surface area contributed by atoms with Crippen molar-refractivity contribution in [2.24, 2.45) is 5.73 Å². The summed E-state index contributed by atoms with van der Waals surface area (Å²) in [5.74, 6) is 0.0635. The van der Waals surface area contributed by atoms with Crippen molar-refractivity contribution >= 4 is 21.9 Å². The molecule has 1 rings (SSSR count). The summed E-state index contributed by atoms with van der Waals surface area (Å²) in [4.78, 5) is 19.3. The van der Waals surface area contributed by atoms with Crippen LogP contribution in [0.3, 0.4) is 0 Å². The number of halogens is 1. The van der Waals surface area contributed by atoms with Crippen molar-refractivity contribution in [2.45, 2.75) is 12.3 Å². The second kappa shape index (κ2) is 5.77. The summed E-state index contributed by atoms with van der Waals surface area (Å²) in [6, 6.07) is 0. The predicted molar refractivity (Wildman–Crippen MR) is 58.2 cm³/mol. The first kappa shape index (κ1) is 12.1. The Hall–Kier alpha value is -1.01. The second-order valence-electron chi connectivity index (χ2n) is 2.97. The smallest absolute Gasteiger partial charge is 0.306 e. The minimum absolute atomic E-state index is 0.189. The van der Waals surface area contributed by atoms with Crippen LogP contribution in [0, 0.1) is 0 Å². The first-order chi connectivity index (χ1) is 7.17. The summed E-state index contributed by atoms with van der Waals surface area (Å²) in [6.07, 6.45) is 3.46. The van der Waals surface area contributed by atoms with Crippen LogP contribution in [0.2, 0.25) is 0 Å². The zero-order valence-electron chi connectivity index (χ0n) is 8.31. The maximum absolute atomic E-state index is 11.1. The molecule has 0 bridgehead atoms. The van der Waals surface area contributed by atoms with E-state index in [0.717, 1.165) is 4.47 Å². The van der Waals surface area contributed by atoms with Gasteiger partial charge in [0, 0.05) is 24.9 Å². The zero-order chi connectivity index (χ0) is 11.3. The Labute approximate surface area is 96.2 Å². The molecule has 0 radical (unpaired) electrons. The Kier molecular flexibility index (Phi) is 4.64. The van der Waals surface area contributed by atoms with Crippen molar-refractivity contribution < 1.29 is 9.53 Å². The minimum Gasteiger partial charge on any atom is -0.469 e. The number of esters is 1. The number of ether oxygens (including phenoxy) is 1. The summed E-state index contributed by atoms with van der Waals surface area (Å²) >= 11 is 3.23. The van der Waals surface area contributed by atoms with E-state index in [1.54, 1.807) is 12.4 Å². The molecular weight excluding hydrogens is 262 g/mol. The number of carbonyl (C=O) groups excluding carboxylic acids is 1. The van der Waals surface area contributed by atoms with Crippen LogP contribution in [-0.2, 0) is 9.53 Å². The standard InChI is InChI=1S/C9H12BrN3O2/c1-15-8(14)2-6(3-11)9-12-4-7(10)5-13-9/h4-6H,2-3,11H2,1H3. The molecule has 0 aliphatic rings. The molecule has 0 aromatic carbocycles. The molecule has 0 spiro atoms. The number of rotatable bonds is 4. The summed E-state index contributed by atoms with van der Waals surface area (Å²) in [6.45, 7) is 0.316. The van der Waals surface area contributed by atoms with Gasteiger partial charge in [0.1, 0.15) is 5.82 Å². The molecule has 1 unspecified atom stereocenters. The molecule has 0 saturated heterocycles. The van der Waals surface area contributed by atoms with Crippen molar-refractivity contribution in [3.05, 3.63) is 22.7 Å². The normalized spacial score (nSPS) is 12.2. The number of aromatic nitrogens is 2. The van der Waals surface area contributed by atoms with Crippen molar-refractivity contribution in [1.29, 1.82) is 0 Å². The van der Waals surface area contributed by atoms with Gasteiger partial charge in [-0.05, 0) is 15.9 Å². The van der Waals surface area contributed by atoms with Gasteiger partial charge in [0.15, 0.2) is 0 Å². The quantitative estimate of drug-likeness (QED) is 0.823. The third kappa shape index (κ3) is 3.56. The molecule has 0 aliphatic carbocycles. The monoisotopic (exact) mass is 273 g/mol. The molecule has 2 N–H and O–H groups in total. The van der Waals surface area contributed by atoms with E-state index in [2.05, 4.69) is 30.6 Å². The highest BCUT2D eigenvalue weighted by atomic mass is 79.9. The molecule has 82 valence electrons. The van der Waals surface area contributed by atoms with Crippen LogP contribution in [0.1, 0.15) is 18.2 Å². The first-order valence-corrected chi connectivity index (χ1v) is 5.21. The van der Waals surface area contributed by atoms with Gasteiger partial charge in [0.25, 0.3) is 0 Å². The predicted octanol–water partition coefficient (Wildman–Crippen LogP) is 0.844. The number of nitrogens with zero attached hydrogens (tertiary/aromatic N) is 2. The maximum atomic E-state index is 11.1. The van der Waals surface area contributed by atoms with E-state index in [1.165, 1.54) is 7.11 Å². The van der Waals surface area contributed by atoms with Gasteiger partial charge in [0.05, 0.1) is 18.0 Å². The van der Waals surface area contributed by atoms with Gasteiger partial charge < -0.3 is 10.5 Å². The first-order valence-electron chi connectivity index (χ1n) is 4.41. The van der Waals surface area contributed by atoms with Crippen LogP contribution in [0.4, 0.5) is 0 Å². The van der Waals surface area contributed by atoms with E-state index < -0.39 is 0 Å². The van der Waals surface area contributed by atoms with Gasteiger partial charge in [-0.2, -0.15) is 0 Å². The average molecular weight is 274 g/mol. The Balaban J connectivity index is 2.74. The lowest BCUT2D eigenvalue weighted by Crippen LogP contribution is -2.19. The molecular formula is C9H12BrN3O2. The molecule has 5 nitrogen and oxygen atoms in total. The summed E-state index contributed by atoms with van der Waals surface area (Å²) in [5.41, 5.74) is 5.55. The molecule has 0 amide bonds. The van der Waals surface area contributed by atoms with Crippen LogP contribution in [0.15, 0.2) is 16.9 Å². The van der Waals surface area contributed by atoms with Crippen LogP contribution in [0.25, 0.3) is 0 Å². The van der Waals surface area contributed by atoms with Crippen LogP contribution in [0.5, 0.6) is 0 Å². The summed E-state index contributed by atoms with van der Waals surface area (Å²) < 4.78 is 5.36. The van der Waals surface area contributed by atoms with Crippen LogP contribution < -0.4 is 5.73 Å². The third-order valence-corrected chi connectivity index (χ3v) is 2.34. The molecule has 1 heterocycles. The van der Waals surface area contributed by atoms with Gasteiger partial charge in [-0.3, -0.25) is 4.79 Å². The van der Waals surface area contributed by atoms with Crippen molar-refractivity contribution in [2.75, 3.05) is 13.7 Å². The Bertz CT molecular complexity index is 329. The fourth-order valence-electron chi connectivity index (χ4n) is 1.10. The van der Waals surface area contributed by atoms with Gasteiger partial charge in [-0.15, -0.1) is 0 Å². The number of nitrogens with two attached hydrogens (primary N) is 1. The molecule has 6 heteroatoms. The highest BCUT2D eigenvalue weighted by Crippen LogP contribution is 2.15. The van der Waals surface area contributed by atoms with E-state index in [9.17, 15) is 4.79 Å². The lowest BCUT2D eigenvalue weighted by atomic mass is 10.1. The lowest BCUT2D eigenvalue weighted by Gasteiger charge is -2.11. The van der Waals surface area contributed by atoms with Crippen molar-refractivity contribution in [3.8, 4) is 0 Å².